The lowest BCUT2D eigenvalue weighted by molar-refractivity contribution is -0.263. The third-order valence-electron chi connectivity index (χ3n) is 5.07. The summed E-state index contributed by atoms with van der Waals surface area (Å²) in [6.45, 7) is 5.90. The molecule has 3 nitrogen and oxygen atoms in total. The Hall–Kier alpha value is -1.04. The fourth-order valence-corrected chi connectivity index (χ4v) is 3.83. The zero-order valence-electron chi connectivity index (χ0n) is 12.9. The predicted octanol–water partition coefficient (Wildman–Crippen LogP) is 3.61. The van der Waals surface area contributed by atoms with Crippen molar-refractivity contribution in [3.8, 4) is 0 Å². The van der Waals surface area contributed by atoms with E-state index in [4.69, 9.17) is 4.74 Å². The van der Waals surface area contributed by atoms with Crippen LogP contribution in [0.25, 0.3) is 0 Å². The van der Waals surface area contributed by atoms with Crippen LogP contribution in [0.1, 0.15) is 46.0 Å². The minimum atomic E-state index is -4.65. The van der Waals surface area contributed by atoms with E-state index in [1.807, 2.05) is 0 Å². The van der Waals surface area contributed by atoms with Gasteiger partial charge in [-0.05, 0) is 63.7 Å². The predicted molar refractivity (Wildman–Crippen MR) is 74.9 cm³/mol. The molecule has 1 N–H and O–H groups in total. The van der Waals surface area contributed by atoms with E-state index in [0.29, 0.717) is 18.4 Å². The van der Waals surface area contributed by atoms with Crippen molar-refractivity contribution in [2.75, 3.05) is 0 Å². The van der Waals surface area contributed by atoms with E-state index in [0.717, 1.165) is 19.8 Å². The summed E-state index contributed by atoms with van der Waals surface area (Å²) in [6, 6.07) is 0. The standard InChI is InChI=1S/C16H23F3O3/c1-9(2)14(20)22-13-7-10-4-5-12(13)11(6-10)8-15(3,21)16(17,18)19/h10-13,21H,1,4-8H2,2-3H3. The third-order valence-corrected chi connectivity index (χ3v) is 5.07. The highest BCUT2D eigenvalue weighted by Gasteiger charge is 2.54. The highest BCUT2D eigenvalue weighted by Crippen LogP contribution is 2.50. The number of hydrogen-bond donors (Lipinski definition) is 1. The van der Waals surface area contributed by atoms with Gasteiger partial charge in [-0.1, -0.05) is 6.58 Å². The normalized spacial score (nSPS) is 34.1. The van der Waals surface area contributed by atoms with Gasteiger partial charge in [-0.25, -0.2) is 4.79 Å². The maximum Gasteiger partial charge on any atom is 0.416 e. The lowest BCUT2D eigenvalue weighted by Crippen LogP contribution is -2.50. The van der Waals surface area contributed by atoms with Gasteiger partial charge in [0.25, 0.3) is 0 Å². The molecule has 0 amide bonds. The molecule has 2 bridgehead atoms. The van der Waals surface area contributed by atoms with Crippen molar-refractivity contribution in [2.45, 2.75) is 63.8 Å². The molecule has 3 rings (SSSR count). The molecule has 0 radical (unpaired) electrons. The van der Waals surface area contributed by atoms with Crippen LogP contribution < -0.4 is 0 Å². The van der Waals surface area contributed by atoms with E-state index < -0.39 is 17.7 Å². The van der Waals surface area contributed by atoms with Crippen LogP contribution in [0.3, 0.4) is 0 Å². The van der Waals surface area contributed by atoms with Gasteiger partial charge in [0.15, 0.2) is 5.60 Å². The first-order valence-corrected chi connectivity index (χ1v) is 7.67. The monoisotopic (exact) mass is 320 g/mol. The maximum absolute atomic E-state index is 12.9. The van der Waals surface area contributed by atoms with Gasteiger partial charge in [-0.3, -0.25) is 0 Å². The molecule has 0 aromatic rings. The summed E-state index contributed by atoms with van der Waals surface area (Å²) in [5.74, 6) is -0.602. The van der Waals surface area contributed by atoms with Crippen molar-refractivity contribution in [1.29, 1.82) is 0 Å². The van der Waals surface area contributed by atoms with Gasteiger partial charge in [-0.15, -0.1) is 0 Å². The molecule has 0 aromatic carbocycles. The molecule has 0 aliphatic heterocycles. The van der Waals surface area contributed by atoms with Crippen molar-refractivity contribution in [2.24, 2.45) is 17.8 Å². The summed E-state index contributed by atoms with van der Waals surface area (Å²) in [5, 5.41) is 9.74. The van der Waals surface area contributed by atoms with E-state index in [1.165, 1.54) is 0 Å². The molecule has 0 aromatic heterocycles. The molecule has 3 saturated carbocycles. The molecular formula is C16H23F3O3. The number of carbonyl (C=O) groups excluding carboxylic acids is 1. The van der Waals surface area contributed by atoms with Crippen LogP contribution in [0.15, 0.2) is 12.2 Å². The summed E-state index contributed by atoms with van der Waals surface area (Å²) in [4.78, 5) is 11.7. The van der Waals surface area contributed by atoms with Crippen molar-refractivity contribution < 1.29 is 27.8 Å². The Morgan fingerprint density at radius 1 is 1.32 bits per heavy atom. The second-order valence-corrected chi connectivity index (χ2v) is 7.04. The van der Waals surface area contributed by atoms with Crippen LogP contribution >= 0.6 is 0 Å². The van der Waals surface area contributed by atoms with Gasteiger partial charge in [0.2, 0.25) is 0 Å². The Morgan fingerprint density at radius 3 is 2.45 bits per heavy atom. The molecule has 3 aliphatic rings. The number of alkyl halides is 3. The SMILES string of the molecule is C=C(C)C(=O)OC1CC2CCC1C(CC(C)(O)C(F)(F)F)C2. The molecule has 6 heteroatoms. The third kappa shape index (κ3) is 3.47. The van der Waals surface area contributed by atoms with Gasteiger partial charge in [0.1, 0.15) is 6.10 Å². The Morgan fingerprint density at radius 2 is 1.95 bits per heavy atom. The number of rotatable bonds is 4. The molecular weight excluding hydrogens is 297 g/mol. The smallest absolute Gasteiger partial charge is 0.416 e. The van der Waals surface area contributed by atoms with Crippen molar-refractivity contribution in [1.82, 2.24) is 0 Å². The Balaban J connectivity index is 2.08. The summed E-state index contributed by atoms with van der Waals surface area (Å²) in [7, 11) is 0. The second kappa shape index (κ2) is 5.87. The number of esters is 1. The molecule has 3 aliphatic carbocycles. The van der Waals surface area contributed by atoms with Gasteiger partial charge in [0, 0.05) is 5.57 Å². The van der Waals surface area contributed by atoms with E-state index in [9.17, 15) is 23.1 Å². The van der Waals surface area contributed by atoms with E-state index >= 15 is 0 Å². The number of aliphatic hydroxyl groups is 1. The number of halogens is 3. The maximum atomic E-state index is 12.9. The largest absolute Gasteiger partial charge is 0.459 e. The quantitative estimate of drug-likeness (QED) is 0.636. The number of carbonyl (C=O) groups is 1. The Bertz CT molecular complexity index is 456. The van der Waals surface area contributed by atoms with E-state index in [2.05, 4.69) is 6.58 Å². The van der Waals surface area contributed by atoms with Gasteiger partial charge in [0.05, 0.1) is 0 Å². The van der Waals surface area contributed by atoms with Crippen molar-refractivity contribution in [3.63, 3.8) is 0 Å². The van der Waals surface area contributed by atoms with Crippen LogP contribution in [0.4, 0.5) is 13.2 Å². The van der Waals surface area contributed by atoms with E-state index in [1.54, 1.807) is 6.92 Å². The van der Waals surface area contributed by atoms with E-state index in [-0.39, 0.29) is 30.3 Å². The number of fused-ring (bicyclic) bond motifs is 3. The molecule has 126 valence electrons. The van der Waals surface area contributed by atoms with Gasteiger partial charge in [-0.2, -0.15) is 13.2 Å². The molecule has 0 saturated heterocycles. The van der Waals surface area contributed by atoms with Crippen molar-refractivity contribution in [3.05, 3.63) is 12.2 Å². The molecule has 0 spiro atoms. The van der Waals surface area contributed by atoms with Crippen LogP contribution in [0.5, 0.6) is 0 Å². The molecule has 0 heterocycles. The highest BCUT2D eigenvalue weighted by atomic mass is 19.4. The molecule has 5 unspecified atom stereocenters. The summed E-state index contributed by atoms with van der Waals surface area (Å²) < 4.78 is 44.1. The molecule has 22 heavy (non-hydrogen) atoms. The zero-order valence-corrected chi connectivity index (χ0v) is 12.9. The minimum Gasteiger partial charge on any atom is -0.459 e. The first kappa shape index (κ1) is 17.3. The summed E-state index contributed by atoms with van der Waals surface area (Å²) in [5.41, 5.74) is -2.40. The van der Waals surface area contributed by atoms with Crippen LogP contribution in [0, 0.1) is 17.8 Å². The topological polar surface area (TPSA) is 46.5 Å². The molecule has 5 atom stereocenters. The minimum absolute atomic E-state index is 0.109. The van der Waals surface area contributed by atoms with Crippen LogP contribution in [-0.4, -0.2) is 29.0 Å². The first-order valence-electron chi connectivity index (χ1n) is 7.67. The molecule has 3 fully saturated rings. The Kier molecular flexibility index (Phi) is 4.62. The lowest BCUT2D eigenvalue weighted by Gasteiger charge is -2.48. The van der Waals surface area contributed by atoms with Crippen molar-refractivity contribution >= 4 is 5.97 Å². The van der Waals surface area contributed by atoms with Crippen LogP contribution in [-0.2, 0) is 9.53 Å². The lowest BCUT2D eigenvalue weighted by atomic mass is 9.61. The average Bonchev–Trinajstić information content (AvgIpc) is 2.37. The highest BCUT2D eigenvalue weighted by molar-refractivity contribution is 5.87. The average molecular weight is 320 g/mol. The van der Waals surface area contributed by atoms with Gasteiger partial charge >= 0.3 is 12.1 Å². The van der Waals surface area contributed by atoms with Crippen LogP contribution in [0.2, 0.25) is 0 Å². The number of ether oxygens (including phenoxy) is 1. The first-order chi connectivity index (χ1) is 10.0. The Labute approximate surface area is 128 Å². The fourth-order valence-electron chi connectivity index (χ4n) is 3.83. The summed E-state index contributed by atoms with van der Waals surface area (Å²) in [6.07, 6.45) is -2.27. The fraction of sp³-hybridized carbons (Fsp3) is 0.812. The zero-order chi connectivity index (χ0) is 16.7. The number of hydrogen-bond acceptors (Lipinski definition) is 3. The van der Waals surface area contributed by atoms with Gasteiger partial charge < -0.3 is 9.84 Å². The second-order valence-electron chi connectivity index (χ2n) is 7.04. The summed E-state index contributed by atoms with van der Waals surface area (Å²) >= 11 is 0.